The SMILES string of the molecule is C=C/C(=C\C=C(/C)S(=O)(=O)NCc1ccco1)S(=O)(=O)N1CCCCC1. The minimum absolute atomic E-state index is 0.00255. The number of sulfonamides is 2. The van der Waals surface area contributed by atoms with Crippen LogP contribution >= 0.6 is 0 Å². The summed E-state index contributed by atoms with van der Waals surface area (Å²) in [6.45, 7) is 5.91. The Kier molecular flexibility index (Phi) is 6.99. The number of hydrogen-bond acceptors (Lipinski definition) is 5. The molecule has 9 heteroatoms. The molecule has 26 heavy (non-hydrogen) atoms. The Labute approximate surface area is 155 Å². The van der Waals surface area contributed by atoms with Gasteiger partial charge in [-0.3, -0.25) is 0 Å². The lowest BCUT2D eigenvalue weighted by atomic mass is 10.2. The maximum absolute atomic E-state index is 12.6. The van der Waals surface area contributed by atoms with Gasteiger partial charge in [-0.1, -0.05) is 13.0 Å². The third kappa shape index (κ3) is 5.16. The van der Waals surface area contributed by atoms with E-state index in [1.165, 1.54) is 35.7 Å². The van der Waals surface area contributed by atoms with Crippen molar-refractivity contribution in [3.8, 4) is 0 Å². The fourth-order valence-corrected chi connectivity index (χ4v) is 4.79. The molecule has 1 fully saturated rings. The summed E-state index contributed by atoms with van der Waals surface area (Å²) in [7, 11) is -7.41. The Morgan fingerprint density at radius 1 is 1.23 bits per heavy atom. The maximum Gasteiger partial charge on any atom is 0.243 e. The van der Waals surface area contributed by atoms with Crippen molar-refractivity contribution in [1.29, 1.82) is 0 Å². The molecule has 0 amide bonds. The number of furan rings is 1. The molecule has 0 saturated carbocycles. The molecule has 0 bridgehead atoms. The van der Waals surface area contributed by atoms with Gasteiger partial charge in [0.25, 0.3) is 0 Å². The molecule has 144 valence electrons. The number of hydrogen-bond donors (Lipinski definition) is 1. The van der Waals surface area contributed by atoms with Gasteiger partial charge in [-0.15, -0.1) is 0 Å². The Hall–Kier alpha value is -1.68. The number of rotatable bonds is 8. The van der Waals surface area contributed by atoms with Crippen LogP contribution in [0.2, 0.25) is 0 Å². The van der Waals surface area contributed by atoms with Crippen LogP contribution in [0.4, 0.5) is 0 Å². The van der Waals surface area contributed by atoms with Crippen molar-refractivity contribution in [3.05, 3.63) is 58.8 Å². The first-order valence-electron chi connectivity index (χ1n) is 8.30. The molecular weight excluding hydrogens is 376 g/mol. The van der Waals surface area contributed by atoms with E-state index in [4.69, 9.17) is 4.42 Å². The summed E-state index contributed by atoms with van der Waals surface area (Å²) in [6.07, 6.45) is 7.89. The molecule has 0 radical (unpaired) electrons. The molecule has 1 N–H and O–H groups in total. The second-order valence-corrected chi connectivity index (χ2v) is 9.80. The first-order chi connectivity index (χ1) is 12.3. The Bertz CT molecular complexity index is 876. The molecule has 0 spiro atoms. The third-order valence-electron chi connectivity index (χ3n) is 4.08. The summed E-state index contributed by atoms with van der Waals surface area (Å²) < 4.78 is 58.7. The molecule has 1 aliphatic heterocycles. The second kappa shape index (κ2) is 8.81. The van der Waals surface area contributed by atoms with E-state index in [2.05, 4.69) is 11.3 Å². The summed E-state index contributed by atoms with van der Waals surface area (Å²) in [5.74, 6) is 0.483. The van der Waals surface area contributed by atoms with E-state index in [-0.39, 0.29) is 16.4 Å². The molecule has 1 aliphatic rings. The predicted molar refractivity (Wildman–Crippen MR) is 101 cm³/mol. The lowest BCUT2D eigenvalue weighted by Crippen LogP contribution is -2.36. The number of piperidine rings is 1. The van der Waals surface area contributed by atoms with Crippen LogP contribution in [0.15, 0.2) is 57.4 Å². The van der Waals surface area contributed by atoms with Crippen molar-refractivity contribution in [2.75, 3.05) is 13.1 Å². The highest BCUT2D eigenvalue weighted by Crippen LogP contribution is 2.20. The molecule has 2 heterocycles. The fraction of sp³-hybridized carbons (Fsp3) is 0.412. The highest BCUT2D eigenvalue weighted by molar-refractivity contribution is 7.93. The van der Waals surface area contributed by atoms with Gasteiger partial charge in [-0.05, 0) is 50.1 Å². The lowest BCUT2D eigenvalue weighted by molar-refractivity contribution is 0.350. The lowest BCUT2D eigenvalue weighted by Gasteiger charge is -2.26. The van der Waals surface area contributed by atoms with Crippen LogP contribution in [-0.2, 0) is 26.6 Å². The van der Waals surface area contributed by atoms with Gasteiger partial charge in [-0.25, -0.2) is 21.6 Å². The van der Waals surface area contributed by atoms with E-state index < -0.39 is 20.0 Å². The summed E-state index contributed by atoms with van der Waals surface area (Å²) in [4.78, 5) is -0.0164. The smallest absolute Gasteiger partial charge is 0.243 e. The van der Waals surface area contributed by atoms with Crippen molar-refractivity contribution < 1.29 is 21.3 Å². The quantitative estimate of drug-likeness (QED) is 0.676. The molecule has 1 aromatic heterocycles. The van der Waals surface area contributed by atoms with E-state index in [0.717, 1.165) is 19.3 Å². The van der Waals surface area contributed by atoms with Crippen LogP contribution in [0, 0.1) is 0 Å². The van der Waals surface area contributed by atoms with Gasteiger partial charge in [-0.2, -0.15) is 4.31 Å². The average Bonchev–Trinajstić information content (AvgIpc) is 3.14. The van der Waals surface area contributed by atoms with Crippen molar-refractivity contribution in [2.45, 2.75) is 32.7 Å². The van der Waals surface area contributed by atoms with Crippen molar-refractivity contribution in [1.82, 2.24) is 9.03 Å². The van der Waals surface area contributed by atoms with Crippen LogP contribution in [0.3, 0.4) is 0 Å². The maximum atomic E-state index is 12.6. The van der Waals surface area contributed by atoms with E-state index in [9.17, 15) is 16.8 Å². The standard InChI is InChI=1S/C17H24N2O5S2/c1-3-17(26(22,23)19-11-5-4-6-12-19)10-9-15(2)25(20,21)18-14-16-8-7-13-24-16/h3,7-10,13,18H,1,4-6,11-12,14H2,2H3/b15-9+,17-10+. The molecule has 0 atom stereocenters. The molecular formula is C17H24N2O5S2. The summed E-state index contributed by atoms with van der Waals surface area (Å²) in [5.41, 5.74) is 0. The Morgan fingerprint density at radius 3 is 2.50 bits per heavy atom. The largest absolute Gasteiger partial charge is 0.468 e. The summed E-state index contributed by atoms with van der Waals surface area (Å²) >= 11 is 0. The van der Waals surface area contributed by atoms with Crippen LogP contribution in [0.1, 0.15) is 31.9 Å². The van der Waals surface area contributed by atoms with Crippen LogP contribution in [-0.4, -0.2) is 34.2 Å². The summed E-state index contributed by atoms with van der Waals surface area (Å²) in [5, 5.41) is 0. The normalized spacial score (nSPS) is 18.0. The second-order valence-electron chi connectivity index (χ2n) is 5.92. The topological polar surface area (TPSA) is 96.7 Å². The minimum Gasteiger partial charge on any atom is -0.468 e. The van der Waals surface area contributed by atoms with Gasteiger partial charge in [0.05, 0.1) is 22.6 Å². The predicted octanol–water partition coefficient (Wildman–Crippen LogP) is 2.49. The monoisotopic (exact) mass is 400 g/mol. The van der Waals surface area contributed by atoms with E-state index in [1.54, 1.807) is 12.1 Å². The highest BCUT2D eigenvalue weighted by Gasteiger charge is 2.26. The number of nitrogens with one attached hydrogen (secondary N) is 1. The van der Waals surface area contributed by atoms with Gasteiger partial charge in [0.2, 0.25) is 20.0 Å². The number of nitrogens with zero attached hydrogens (tertiary/aromatic N) is 1. The van der Waals surface area contributed by atoms with Gasteiger partial charge in [0.15, 0.2) is 0 Å². The van der Waals surface area contributed by atoms with Crippen LogP contribution in [0.25, 0.3) is 0 Å². The molecule has 0 aromatic carbocycles. The van der Waals surface area contributed by atoms with Crippen LogP contribution in [0.5, 0.6) is 0 Å². The van der Waals surface area contributed by atoms with Crippen LogP contribution < -0.4 is 4.72 Å². The van der Waals surface area contributed by atoms with Gasteiger partial charge in [0, 0.05) is 13.1 Å². The van der Waals surface area contributed by atoms with Crippen molar-refractivity contribution in [3.63, 3.8) is 0 Å². The highest BCUT2D eigenvalue weighted by atomic mass is 32.2. The van der Waals surface area contributed by atoms with Gasteiger partial charge < -0.3 is 4.42 Å². The zero-order chi connectivity index (χ0) is 19.2. The molecule has 0 unspecified atom stereocenters. The van der Waals surface area contributed by atoms with E-state index in [0.29, 0.717) is 18.8 Å². The third-order valence-corrected chi connectivity index (χ3v) is 7.53. The molecule has 2 rings (SSSR count). The first-order valence-corrected chi connectivity index (χ1v) is 11.2. The van der Waals surface area contributed by atoms with Gasteiger partial charge in [0.1, 0.15) is 5.76 Å². The van der Waals surface area contributed by atoms with Gasteiger partial charge >= 0.3 is 0 Å². The average molecular weight is 401 g/mol. The molecule has 7 nitrogen and oxygen atoms in total. The fourth-order valence-electron chi connectivity index (χ4n) is 2.50. The molecule has 1 saturated heterocycles. The Morgan fingerprint density at radius 2 is 1.92 bits per heavy atom. The summed E-state index contributed by atoms with van der Waals surface area (Å²) in [6, 6.07) is 3.32. The minimum atomic E-state index is -3.75. The first kappa shape index (κ1) is 20.6. The van der Waals surface area contributed by atoms with Crippen molar-refractivity contribution >= 4 is 20.0 Å². The Balaban J connectivity index is 2.15. The molecule has 0 aliphatic carbocycles. The van der Waals surface area contributed by atoms with E-state index >= 15 is 0 Å². The van der Waals surface area contributed by atoms with Crippen molar-refractivity contribution in [2.24, 2.45) is 0 Å². The zero-order valence-corrected chi connectivity index (χ0v) is 16.4. The van der Waals surface area contributed by atoms with E-state index in [1.807, 2.05) is 0 Å². The zero-order valence-electron chi connectivity index (χ0n) is 14.7. The number of allylic oxidation sites excluding steroid dienone is 4. The molecule has 1 aromatic rings.